The molecule has 1 atom stereocenters. The molecule has 2 aliphatic rings. The van der Waals surface area contributed by atoms with Crippen LogP contribution in [0.4, 0.5) is 0 Å². The van der Waals surface area contributed by atoms with E-state index in [1.165, 1.54) is 21.0 Å². The van der Waals surface area contributed by atoms with Crippen LogP contribution in [0.1, 0.15) is 48.6 Å². The fourth-order valence-electron chi connectivity index (χ4n) is 4.01. The molecule has 2 aromatic rings. The number of carbonyl (C=O) groups is 2. The first-order chi connectivity index (χ1) is 15.2. The number of likely N-dealkylation sites (N-methyl/N-ethyl adjacent to an activating group) is 1. The summed E-state index contributed by atoms with van der Waals surface area (Å²) in [5.41, 5.74) is 5.16. The average Bonchev–Trinajstić information content (AvgIpc) is 3.41. The summed E-state index contributed by atoms with van der Waals surface area (Å²) in [6, 6.07) is 11.7. The Morgan fingerprint density at radius 1 is 1.09 bits per heavy atom. The minimum absolute atomic E-state index is 0.0260. The summed E-state index contributed by atoms with van der Waals surface area (Å²) in [7, 11) is 1.65. The number of carbonyl (C=O) groups excluding carboxylic acids is 2. The van der Waals surface area contributed by atoms with Crippen LogP contribution >= 0.6 is 0 Å². The van der Waals surface area contributed by atoms with Crippen LogP contribution in [-0.4, -0.2) is 47.8 Å². The first-order valence-electron chi connectivity index (χ1n) is 10.9. The third kappa shape index (κ3) is 4.20. The van der Waals surface area contributed by atoms with Gasteiger partial charge in [-0.1, -0.05) is 32.0 Å². The van der Waals surface area contributed by atoms with Crippen molar-refractivity contribution < 1.29 is 19.1 Å². The number of nitrogens with zero attached hydrogens (tertiary/aromatic N) is 3. The van der Waals surface area contributed by atoms with Crippen molar-refractivity contribution in [1.82, 2.24) is 9.91 Å². The summed E-state index contributed by atoms with van der Waals surface area (Å²) < 4.78 is 11.0. The van der Waals surface area contributed by atoms with Crippen molar-refractivity contribution in [1.29, 1.82) is 0 Å². The van der Waals surface area contributed by atoms with Crippen molar-refractivity contribution in [2.24, 2.45) is 11.0 Å². The number of amides is 2. The second-order valence-electron chi connectivity index (χ2n) is 8.77. The van der Waals surface area contributed by atoms with E-state index in [-0.39, 0.29) is 37.1 Å². The predicted octanol–water partition coefficient (Wildman–Crippen LogP) is 3.82. The van der Waals surface area contributed by atoms with Gasteiger partial charge in [-0.3, -0.25) is 9.59 Å². The van der Waals surface area contributed by atoms with Crippen LogP contribution in [-0.2, 0) is 9.59 Å². The summed E-state index contributed by atoms with van der Waals surface area (Å²) in [5, 5.41) is 6.25. The van der Waals surface area contributed by atoms with Gasteiger partial charge in [0.25, 0.3) is 5.91 Å². The zero-order chi connectivity index (χ0) is 23.0. The molecule has 4 rings (SSSR count). The summed E-state index contributed by atoms with van der Waals surface area (Å²) in [6.45, 7) is 7.96. The topological polar surface area (TPSA) is 71.4 Å². The van der Waals surface area contributed by atoms with Crippen LogP contribution in [0.2, 0.25) is 0 Å². The van der Waals surface area contributed by atoms with E-state index in [0.29, 0.717) is 17.9 Å². The molecule has 0 bridgehead atoms. The zero-order valence-electron chi connectivity index (χ0n) is 19.2. The van der Waals surface area contributed by atoms with Gasteiger partial charge < -0.3 is 14.4 Å². The maximum Gasteiger partial charge on any atom is 0.262 e. The van der Waals surface area contributed by atoms with Gasteiger partial charge in [-0.15, -0.1) is 0 Å². The Balaban J connectivity index is 1.65. The maximum atomic E-state index is 13.3. The second kappa shape index (κ2) is 8.65. The molecule has 0 saturated carbocycles. The van der Waals surface area contributed by atoms with Crippen LogP contribution in [0.25, 0.3) is 0 Å². The Labute approximate surface area is 188 Å². The van der Waals surface area contributed by atoms with E-state index in [9.17, 15) is 9.59 Å². The number of ether oxygens (including phenoxy) is 2. The number of fused-ring (bicyclic) bond motifs is 1. The molecule has 168 valence electrons. The highest BCUT2D eigenvalue weighted by molar-refractivity contribution is 6.03. The van der Waals surface area contributed by atoms with E-state index in [4.69, 9.17) is 14.6 Å². The standard InChI is InChI=1S/C25H29N3O4/c1-15(2)25(30)27(5)13-24(29)28-21(19-8-9-22-23(11-19)32-14-31-22)12-20(26-28)18-7-6-16(3)17(4)10-18/h6-11,15,21H,12-14H2,1-5H3. The molecule has 2 aliphatic heterocycles. The molecule has 0 radical (unpaired) electrons. The van der Waals surface area contributed by atoms with Crippen LogP contribution in [0.15, 0.2) is 41.5 Å². The zero-order valence-corrected chi connectivity index (χ0v) is 19.2. The van der Waals surface area contributed by atoms with Crippen molar-refractivity contribution in [2.75, 3.05) is 20.4 Å². The van der Waals surface area contributed by atoms with Gasteiger partial charge in [0, 0.05) is 19.4 Å². The number of aryl methyl sites for hydroxylation is 2. The van der Waals surface area contributed by atoms with E-state index < -0.39 is 0 Å². The van der Waals surface area contributed by atoms with Gasteiger partial charge in [0.05, 0.1) is 11.8 Å². The Kier molecular flexibility index (Phi) is 5.91. The lowest BCUT2D eigenvalue weighted by Crippen LogP contribution is -2.40. The van der Waals surface area contributed by atoms with Crippen LogP contribution < -0.4 is 9.47 Å². The fourth-order valence-corrected chi connectivity index (χ4v) is 4.01. The number of rotatable bonds is 5. The van der Waals surface area contributed by atoms with Gasteiger partial charge >= 0.3 is 0 Å². The molecular weight excluding hydrogens is 406 g/mol. The molecule has 7 nitrogen and oxygen atoms in total. The Bertz CT molecular complexity index is 1090. The van der Waals surface area contributed by atoms with Crippen molar-refractivity contribution >= 4 is 17.5 Å². The molecule has 0 N–H and O–H groups in total. The van der Waals surface area contributed by atoms with Crippen LogP contribution in [0, 0.1) is 19.8 Å². The van der Waals surface area contributed by atoms with Gasteiger partial charge in [-0.05, 0) is 54.3 Å². The average molecular weight is 436 g/mol. The molecule has 0 aromatic heterocycles. The van der Waals surface area contributed by atoms with Crippen molar-refractivity contribution in [3.05, 3.63) is 58.7 Å². The lowest BCUT2D eigenvalue weighted by molar-refractivity contribution is -0.142. The largest absolute Gasteiger partial charge is 0.454 e. The second-order valence-corrected chi connectivity index (χ2v) is 8.77. The smallest absolute Gasteiger partial charge is 0.262 e. The Hall–Kier alpha value is -3.35. The fraction of sp³-hybridized carbons (Fsp3) is 0.400. The predicted molar refractivity (Wildman–Crippen MR) is 122 cm³/mol. The Morgan fingerprint density at radius 2 is 1.84 bits per heavy atom. The van der Waals surface area contributed by atoms with Crippen LogP contribution in [0.3, 0.4) is 0 Å². The SMILES string of the molecule is Cc1ccc(C2=NN(C(=O)CN(C)C(=O)C(C)C)C(c3ccc4c(c3)OCO4)C2)cc1C. The molecule has 1 unspecified atom stereocenters. The van der Waals surface area contributed by atoms with E-state index in [1.54, 1.807) is 7.05 Å². The normalized spacial score (nSPS) is 17.0. The number of benzene rings is 2. The molecule has 2 aromatic carbocycles. The monoisotopic (exact) mass is 435 g/mol. The molecule has 0 aliphatic carbocycles. The van der Waals surface area contributed by atoms with Crippen molar-refractivity contribution in [2.45, 2.75) is 40.2 Å². The number of hydrogen-bond acceptors (Lipinski definition) is 5. The maximum absolute atomic E-state index is 13.3. The molecule has 7 heteroatoms. The summed E-state index contributed by atoms with van der Waals surface area (Å²) >= 11 is 0. The van der Waals surface area contributed by atoms with Gasteiger partial charge in [-0.25, -0.2) is 5.01 Å². The minimum Gasteiger partial charge on any atom is -0.454 e. The van der Waals surface area contributed by atoms with Crippen molar-refractivity contribution in [3.63, 3.8) is 0 Å². The Morgan fingerprint density at radius 3 is 2.56 bits per heavy atom. The van der Waals surface area contributed by atoms with Gasteiger partial charge in [0.1, 0.15) is 6.54 Å². The lowest BCUT2D eigenvalue weighted by Gasteiger charge is -2.25. The summed E-state index contributed by atoms with van der Waals surface area (Å²) in [6.07, 6.45) is 0.579. The first kappa shape index (κ1) is 21.9. The van der Waals surface area contributed by atoms with E-state index in [0.717, 1.165) is 16.8 Å². The molecule has 2 heterocycles. The van der Waals surface area contributed by atoms with E-state index >= 15 is 0 Å². The molecule has 0 spiro atoms. The lowest BCUT2D eigenvalue weighted by atomic mass is 9.96. The quantitative estimate of drug-likeness (QED) is 0.716. The molecule has 2 amide bonds. The third-order valence-electron chi connectivity index (χ3n) is 6.03. The van der Waals surface area contributed by atoms with Gasteiger partial charge in [0.15, 0.2) is 11.5 Å². The highest BCUT2D eigenvalue weighted by atomic mass is 16.7. The first-order valence-corrected chi connectivity index (χ1v) is 10.9. The summed E-state index contributed by atoms with van der Waals surface area (Å²) in [4.78, 5) is 27.0. The van der Waals surface area contributed by atoms with Gasteiger partial charge in [-0.2, -0.15) is 5.10 Å². The van der Waals surface area contributed by atoms with Crippen molar-refractivity contribution in [3.8, 4) is 11.5 Å². The van der Waals surface area contributed by atoms with Crippen LogP contribution in [0.5, 0.6) is 11.5 Å². The molecule has 0 fully saturated rings. The highest BCUT2D eigenvalue weighted by Gasteiger charge is 2.35. The molecule has 0 saturated heterocycles. The number of hydrogen-bond donors (Lipinski definition) is 0. The summed E-state index contributed by atoms with van der Waals surface area (Å²) in [5.74, 6) is 0.896. The van der Waals surface area contributed by atoms with E-state index in [2.05, 4.69) is 26.0 Å². The minimum atomic E-state index is -0.281. The van der Waals surface area contributed by atoms with E-state index in [1.807, 2.05) is 38.1 Å². The number of hydrazone groups is 1. The molecular formula is C25H29N3O4. The van der Waals surface area contributed by atoms with Gasteiger partial charge in [0.2, 0.25) is 12.7 Å². The highest BCUT2D eigenvalue weighted by Crippen LogP contribution is 2.39. The molecule has 32 heavy (non-hydrogen) atoms. The third-order valence-corrected chi connectivity index (χ3v) is 6.03.